The summed E-state index contributed by atoms with van der Waals surface area (Å²) >= 11 is 0. The SMILES string of the molecule is O=C(O)CCC[C@@H](NC(=O)NCc1ncn[nH]1)C(=O)O. The van der Waals surface area contributed by atoms with Gasteiger partial charge >= 0.3 is 18.0 Å². The molecule has 10 nitrogen and oxygen atoms in total. The Morgan fingerprint density at radius 3 is 2.65 bits per heavy atom. The molecule has 0 bridgehead atoms. The van der Waals surface area contributed by atoms with Crippen LogP contribution in [0.5, 0.6) is 0 Å². The first-order chi connectivity index (χ1) is 9.49. The normalized spacial score (nSPS) is 11.6. The van der Waals surface area contributed by atoms with Gasteiger partial charge in [0.05, 0.1) is 6.54 Å². The first-order valence-electron chi connectivity index (χ1n) is 5.82. The van der Waals surface area contributed by atoms with E-state index in [1.54, 1.807) is 0 Å². The number of nitrogens with one attached hydrogen (secondary N) is 3. The number of nitrogens with zero attached hydrogens (tertiary/aromatic N) is 2. The van der Waals surface area contributed by atoms with E-state index < -0.39 is 24.0 Å². The zero-order valence-electron chi connectivity index (χ0n) is 10.5. The average Bonchev–Trinajstić information content (AvgIpc) is 2.87. The molecule has 0 fully saturated rings. The van der Waals surface area contributed by atoms with Crippen LogP contribution in [0.25, 0.3) is 0 Å². The van der Waals surface area contributed by atoms with Crippen LogP contribution in [0, 0.1) is 0 Å². The van der Waals surface area contributed by atoms with Crippen LogP contribution in [0.4, 0.5) is 4.79 Å². The lowest BCUT2D eigenvalue weighted by molar-refractivity contribution is -0.140. The molecule has 1 aromatic rings. The third kappa shape index (κ3) is 5.80. The fourth-order valence-electron chi connectivity index (χ4n) is 1.40. The van der Waals surface area contributed by atoms with Crippen molar-refractivity contribution >= 4 is 18.0 Å². The number of urea groups is 1. The van der Waals surface area contributed by atoms with Crippen LogP contribution < -0.4 is 10.6 Å². The van der Waals surface area contributed by atoms with Gasteiger partial charge in [0.2, 0.25) is 0 Å². The third-order valence-corrected chi connectivity index (χ3v) is 2.37. The summed E-state index contributed by atoms with van der Waals surface area (Å²) in [5.41, 5.74) is 0. The van der Waals surface area contributed by atoms with Gasteiger partial charge in [-0.3, -0.25) is 9.89 Å². The third-order valence-electron chi connectivity index (χ3n) is 2.37. The molecular weight excluding hydrogens is 270 g/mol. The van der Waals surface area contributed by atoms with Crippen LogP contribution >= 0.6 is 0 Å². The van der Waals surface area contributed by atoms with E-state index in [4.69, 9.17) is 10.2 Å². The van der Waals surface area contributed by atoms with Crippen LogP contribution in [0.15, 0.2) is 6.33 Å². The molecule has 0 aromatic carbocycles. The van der Waals surface area contributed by atoms with Gasteiger partial charge in [0, 0.05) is 6.42 Å². The molecular formula is C10H15N5O5. The molecule has 5 N–H and O–H groups in total. The number of carboxylic acids is 2. The summed E-state index contributed by atoms with van der Waals surface area (Å²) in [5.74, 6) is -1.80. The number of carboxylic acid groups (broad SMARTS) is 2. The zero-order valence-corrected chi connectivity index (χ0v) is 10.5. The zero-order chi connectivity index (χ0) is 15.0. The Balaban J connectivity index is 2.34. The Hall–Kier alpha value is -2.65. The molecule has 0 aliphatic heterocycles. The average molecular weight is 285 g/mol. The molecule has 0 saturated heterocycles. The van der Waals surface area contributed by atoms with Gasteiger partial charge in [-0.2, -0.15) is 5.10 Å². The molecule has 0 spiro atoms. The molecule has 1 heterocycles. The Morgan fingerprint density at radius 1 is 1.35 bits per heavy atom. The van der Waals surface area contributed by atoms with Crippen LogP contribution in [-0.2, 0) is 16.1 Å². The summed E-state index contributed by atoms with van der Waals surface area (Å²) in [5, 5.41) is 28.2. The maximum absolute atomic E-state index is 11.5. The van der Waals surface area contributed by atoms with Crippen LogP contribution in [0.3, 0.4) is 0 Å². The number of carbonyl (C=O) groups is 3. The summed E-state index contributed by atoms with van der Waals surface area (Å²) in [7, 11) is 0. The molecule has 0 aliphatic rings. The number of amides is 2. The van der Waals surface area contributed by atoms with Crippen molar-refractivity contribution in [1.29, 1.82) is 0 Å². The molecule has 20 heavy (non-hydrogen) atoms. The second kappa shape index (κ2) is 7.71. The van der Waals surface area contributed by atoms with E-state index in [0.29, 0.717) is 5.82 Å². The second-order valence-corrected chi connectivity index (χ2v) is 3.94. The van der Waals surface area contributed by atoms with Gasteiger partial charge in [-0.05, 0) is 12.8 Å². The molecule has 10 heteroatoms. The van der Waals surface area contributed by atoms with Crippen molar-refractivity contribution in [2.75, 3.05) is 0 Å². The van der Waals surface area contributed by atoms with E-state index in [1.165, 1.54) is 6.33 Å². The highest BCUT2D eigenvalue weighted by atomic mass is 16.4. The minimum Gasteiger partial charge on any atom is -0.481 e. The summed E-state index contributed by atoms with van der Waals surface area (Å²) in [6.45, 7) is 0.0767. The van der Waals surface area contributed by atoms with E-state index in [1.807, 2.05) is 0 Å². The van der Waals surface area contributed by atoms with E-state index in [2.05, 4.69) is 25.8 Å². The van der Waals surface area contributed by atoms with E-state index in [0.717, 1.165) is 0 Å². The van der Waals surface area contributed by atoms with Crippen molar-refractivity contribution in [3.8, 4) is 0 Å². The summed E-state index contributed by atoms with van der Waals surface area (Å²) in [4.78, 5) is 36.5. The lowest BCUT2D eigenvalue weighted by Crippen LogP contribution is -2.45. The number of aromatic nitrogens is 3. The number of rotatable bonds is 8. The van der Waals surface area contributed by atoms with Gasteiger partial charge in [0.1, 0.15) is 18.2 Å². The Bertz CT molecular complexity index is 461. The van der Waals surface area contributed by atoms with Crippen LogP contribution in [0.1, 0.15) is 25.1 Å². The maximum Gasteiger partial charge on any atom is 0.326 e. The summed E-state index contributed by atoms with van der Waals surface area (Å²) < 4.78 is 0. The van der Waals surface area contributed by atoms with Crippen molar-refractivity contribution in [3.63, 3.8) is 0 Å². The van der Waals surface area contributed by atoms with E-state index in [9.17, 15) is 14.4 Å². The molecule has 0 radical (unpaired) electrons. The summed E-state index contributed by atoms with van der Waals surface area (Å²) in [6, 6.07) is -1.81. The fraction of sp³-hybridized carbons (Fsp3) is 0.500. The van der Waals surface area contributed by atoms with Crippen LogP contribution in [-0.4, -0.2) is 49.4 Å². The molecule has 1 aromatic heterocycles. The van der Waals surface area contributed by atoms with Crippen LogP contribution in [0.2, 0.25) is 0 Å². The van der Waals surface area contributed by atoms with Crippen molar-refractivity contribution in [2.24, 2.45) is 0 Å². The number of carbonyl (C=O) groups excluding carboxylic acids is 1. The number of aromatic amines is 1. The number of aliphatic carboxylic acids is 2. The lowest BCUT2D eigenvalue weighted by atomic mass is 10.1. The Kier molecular flexibility index (Phi) is 5.94. The standard InChI is InChI=1S/C10H15N5O5/c16-8(17)3-1-2-6(9(18)19)14-10(20)11-4-7-12-5-13-15-7/h5-6H,1-4H2,(H,16,17)(H,18,19)(H2,11,14,20)(H,12,13,15)/t6-/m1/s1. The highest BCUT2D eigenvalue weighted by Gasteiger charge is 2.19. The number of H-pyrrole nitrogens is 1. The molecule has 0 saturated carbocycles. The molecule has 110 valence electrons. The van der Waals surface area contributed by atoms with Crippen molar-refractivity contribution in [3.05, 3.63) is 12.2 Å². The minimum absolute atomic E-state index is 0.0390. The maximum atomic E-state index is 11.5. The lowest BCUT2D eigenvalue weighted by Gasteiger charge is -2.14. The van der Waals surface area contributed by atoms with E-state index >= 15 is 0 Å². The predicted molar refractivity (Wildman–Crippen MR) is 64.7 cm³/mol. The first-order valence-corrected chi connectivity index (χ1v) is 5.82. The van der Waals surface area contributed by atoms with Gasteiger partial charge in [0.15, 0.2) is 0 Å². The van der Waals surface area contributed by atoms with Gasteiger partial charge in [-0.1, -0.05) is 0 Å². The fourth-order valence-corrected chi connectivity index (χ4v) is 1.40. The highest BCUT2D eigenvalue weighted by molar-refractivity contribution is 5.82. The van der Waals surface area contributed by atoms with Gasteiger partial charge in [0.25, 0.3) is 0 Å². The molecule has 0 aliphatic carbocycles. The van der Waals surface area contributed by atoms with Crippen molar-refractivity contribution in [2.45, 2.75) is 31.8 Å². The molecule has 1 rings (SSSR count). The second-order valence-electron chi connectivity index (χ2n) is 3.94. The van der Waals surface area contributed by atoms with Gasteiger partial charge < -0.3 is 20.8 Å². The topological polar surface area (TPSA) is 157 Å². The largest absolute Gasteiger partial charge is 0.481 e. The Morgan fingerprint density at radius 2 is 2.10 bits per heavy atom. The van der Waals surface area contributed by atoms with Gasteiger partial charge in [-0.25, -0.2) is 14.6 Å². The number of hydrogen-bond acceptors (Lipinski definition) is 5. The smallest absolute Gasteiger partial charge is 0.326 e. The molecule has 1 atom stereocenters. The summed E-state index contributed by atoms with van der Waals surface area (Å²) in [6.07, 6.45) is 1.33. The number of hydrogen-bond donors (Lipinski definition) is 5. The Labute approximate surface area is 113 Å². The minimum atomic E-state index is -1.22. The quantitative estimate of drug-likeness (QED) is 0.423. The predicted octanol–water partition coefficient (Wildman–Crippen LogP) is -0.688. The van der Waals surface area contributed by atoms with E-state index in [-0.39, 0.29) is 25.8 Å². The van der Waals surface area contributed by atoms with Crippen molar-refractivity contribution < 1.29 is 24.6 Å². The van der Waals surface area contributed by atoms with Crippen molar-refractivity contribution in [1.82, 2.24) is 25.8 Å². The first kappa shape index (κ1) is 15.4. The van der Waals surface area contributed by atoms with Gasteiger partial charge in [-0.15, -0.1) is 0 Å². The molecule has 0 unspecified atom stereocenters. The molecule has 2 amide bonds. The monoisotopic (exact) mass is 285 g/mol. The highest BCUT2D eigenvalue weighted by Crippen LogP contribution is 2.01.